The van der Waals surface area contributed by atoms with Gasteiger partial charge in [0.2, 0.25) is 0 Å². The van der Waals surface area contributed by atoms with Crippen LogP contribution in [-0.2, 0) is 16.0 Å². The normalized spacial score (nSPS) is 12.2. The second-order valence-corrected chi connectivity index (χ2v) is 3.42. The first-order valence-electron chi connectivity index (χ1n) is 4.49. The highest BCUT2D eigenvalue weighted by Gasteiger charge is 2.17. The number of carbonyl (C=O) groups excluding carboxylic acids is 1. The van der Waals surface area contributed by atoms with E-state index < -0.39 is 11.3 Å². The standard InChI is InChI=1S/C11H13ClO2/c1-3-8-4-6-9(7-5-8)10(12)11(13)14-2/h4-7,10H,3H2,1-2H3. The zero-order valence-corrected chi connectivity index (χ0v) is 9.04. The predicted octanol–water partition coefficient (Wildman–Crippen LogP) is 2.70. The summed E-state index contributed by atoms with van der Waals surface area (Å²) in [5.74, 6) is -0.420. The van der Waals surface area contributed by atoms with E-state index in [-0.39, 0.29) is 0 Å². The topological polar surface area (TPSA) is 26.3 Å². The number of esters is 1. The Hall–Kier alpha value is -1.02. The summed E-state index contributed by atoms with van der Waals surface area (Å²) in [4.78, 5) is 11.1. The lowest BCUT2D eigenvalue weighted by Gasteiger charge is -2.07. The number of aryl methyl sites for hydroxylation is 1. The fourth-order valence-electron chi connectivity index (χ4n) is 1.16. The molecule has 0 heterocycles. The van der Waals surface area contributed by atoms with E-state index >= 15 is 0 Å². The number of alkyl halides is 1. The van der Waals surface area contributed by atoms with Crippen LogP contribution >= 0.6 is 11.6 Å². The SMILES string of the molecule is CCc1ccc(C(Cl)C(=O)OC)cc1. The second kappa shape index (κ2) is 5.01. The number of halogens is 1. The molecule has 3 heteroatoms. The Labute approximate surface area is 88.8 Å². The van der Waals surface area contributed by atoms with Gasteiger partial charge in [-0.3, -0.25) is 4.79 Å². The van der Waals surface area contributed by atoms with E-state index in [1.807, 2.05) is 24.3 Å². The third-order valence-electron chi connectivity index (χ3n) is 2.09. The number of ether oxygens (including phenoxy) is 1. The average Bonchev–Trinajstić information content (AvgIpc) is 2.27. The van der Waals surface area contributed by atoms with Crippen molar-refractivity contribution in [3.8, 4) is 0 Å². The minimum Gasteiger partial charge on any atom is -0.468 e. The molecule has 2 nitrogen and oxygen atoms in total. The average molecular weight is 213 g/mol. The zero-order valence-electron chi connectivity index (χ0n) is 8.29. The van der Waals surface area contributed by atoms with Gasteiger partial charge in [-0.1, -0.05) is 31.2 Å². The Bertz CT molecular complexity index is 306. The van der Waals surface area contributed by atoms with Gasteiger partial charge in [-0.05, 0) is 17.5 Å². The molecule has 1 rings (SSSR count). The van der Waals surface area contributed by atoms with E-state index in [1.165, 1.54) is 12.7 Å². The second-order valence-electron chi connectivity index (χ2n) is 2.98. The van der Waals surface area contributed by atoms with E-state index in [2.05, 4.69) is 11.7 Å². The molecule has 0 radical (unpaired) electrons. The van der Waals surface area contributed by atoms with Crippen molar-refractivity contribution in [1.29, 1.82) is 0 Å². The maximum absolute atomic E-state index is 11.1. The summed E-state index contributed by atoms with van der Waals surface area (Å²) in [5.41, 5.74) is 2.00. The quantitative estimate of drug-likeness (QED) is 0.569. The molecule has 1 aromatic carbocycles. The lowest BCUT2D eigenvalue weighted by molar-refractivity contribution is -0.140. The Morgan fingerprint density at radius 3 is 2.43 bits per heavy atom. The molecule has 0 bridgehead atoms. The van der Waals surface area contributed by atoms with Crippen LogP contribution in [0.2, 0.25) is 0 Å². The van der Waals surface area contributed by atoms with Gasteiger partial charge in [0.15, 0.2) is 5.38 Å². The molecule has 76 valence electrons. The van der Waals surface area contributed by atoms with Crippen LogP contribution in [-0.4, -0.2) is 13.1 Å². The van der Waals surface area contributed by atoms with E-state index in [4.69, 9.17) is 11.6 Å². The van der Waals surface area contributed by atoms with Crippen molar-refractivity contribution < 1.29 is 9.53 Å². The van der Waals surface area contributed by atoms with Crippen LogP contribution in [0.5, 0.6) is 0 Å². The summed E-state index contributed by atoms with van der Waals surface area (Å²) < 4.78 is 4.55. The first-order chi connectivity index (χ1) is 6.69. The molecule has 0 N–H and O–H groups in total. The molecule has 1 atom stereocenters. The van der Waals surface area contributed by atoms with Crippen LogP contribution in [0.1, 0.15) is 23.4 Å². The van der Waals surface area contributed by atoms with E-state index in [9.17, 15) is 4.79 Å². The van der Waals surface area contributed by atoms with Crippen LogP contribution in [0.15, 0.2) is 24.3 Å². The fraction of sp³-hybridized carbons (Fsp3) is 0.364. The highest BCUT2D eigenvalue weighted by molar-refractivity contribution is 6.29. The molecule has 0 saturated heterocycles. The van der Waals surface area contributed by atoms with Crippen LogP contribution in [0, 0.1) is 0 Å². The summed E-state index contributed by atoms with van der Waals surface area (Å²) in [5, 5.41) is -0.703. The Balaban J connectivity index is 2.81. The molecular weight excluding hydrogens is 200 g/mol. The molecule has 1 aromatic rings. The summed E-state index contributed by atoms with van der Waals surface area (Å²) in [7, 11) is 1.33. The minimum atomic E-state index is -0.703. The Morgan fingerprint density at radius 1 is 1.43 bits per heavy atom. The third kappa shape index (κ3) is 2.48. The maximum Gasteiger partial charge on any atom is 0.328 e. The van der Waals surface area contributed by atoms with E-state index in [1.54, 1.807) is 0 Å². The largest absolute Gasteiger partial charge is 0.468 e. The summed E-state index contributed by atoms with van der Waals surface area (Å²) in [6, 6.07) is 7.64. The van der Waals surface area contributed by atoms with E-state index in [0.717, 1.165) is 12.0 Å². The van der Waals surface area contributed by atoms with Crippen LogP contribution in [0.3, 0.4) is 0 Å². The van der Waals surface area contributed by atoms with Crippen molar-refractivity contribution >= 4 is 17.6 Å². The van der Waals surface area contributed by atoms with Crippen LogP contribution in [0.25, 0.3) is 0 Å². The van der Waals surface area contributed by atoms with Gasteiger partial charge in [0.25, 0.3) is 0 Å². The fourth-order valence-corrected chi connectivity index (χ4v) is 1.40. The van der Waals surface area contributed by atoms with Crippen molar-refractivity contribution in [2.24, 2.45) is 0 Å². The molecule has 0 amide bonds. The zero-order chi connectivity index (χ0) is 10.6. The number of carbonyl (C=O) groups is 1. The van der Waals surface area contributed by atoms with Crippen molar-refractivity contribution in [1.82, 2.24) is 0 Å². The van der Waals surface area contributed by atoms with Gasteiger partial charge in [0.1, 0.15) is 0 Å². The van der Waals surface area contributed by atoms with Gasteiger partial charge in [-0.25, -0.2) is 0 Å². The molecular formula is C11H13ClO2. The van der Waals surface area contributed by atoms with Crippen molar-refractivity contribution in [3.63, 3.8) is 0 Å². The molecule has 0 saturated carbocycles. The molecule has 1 unspecified atom stereocenters. The number of methoxy groups -OCH3 is 1. The maximum atomic E-state index is 11.1. The molecule has 0 aliphatic heterocycles. The summed E-state index contributed by atoms with van der Waals surface area (Å²) >= 11 is 5.88. The van der Waals surface area contributed by atoms with Gasteiger partial charge in [0, 0.05) is 0 Å². The van der Waals surface area contributed by atoms with Gasteiger partial charge in [-0.2, -0.15) is 0 Å². The highest BCUT2D eigenvalue weighted by atomic mass is 35.5. The number of hydrogen-bond donors (Lipinski definition) is 0. The molecule has 0 aromatic heterocycles. The van der Waals surface area contributed by atoms with Crippen LogP contribution < -0.4 is 0 Å². The first kappa shape index (κ1) is 11.1. The summed E-state index contributed by atoms with van der Waals surface area (Å²) in [6.45, 7) is 2.08. The van der Waals surface area contributed by atoms with Gasteiger partial charge in [-0.15, -0.1) is 11.6 Å². The Morgan fingerprint density at radius 2 is 2.00 bits per heavy atom. The van der Waals surface area contributed by atoms with Crippen LogP contribution in [0.4, 0.5) is 0 Å². The summed E-state index contributed by atoms with van der Waals surface area (Å²) in [6.07, 6.45) is 0.978. The van der Waals surface area contributed by atoms with Gasteiger partial charge >= 0.3 is 5.97 Å². The lowest BCUT2D eigenvalue weighted by Crippen LogP contribution is -2.08. The number of benzene rings is 1. The minimum absolute atomic E-state index is 0.420. The first-order valence-corrected chi connectivity index (χ1v) is 4.93. The Kier molecular flexibility index (Phi) is 3.96. The number of rotatable bonds is 3. The monoisotopic (exact) mass is 212 g/mol. The smallest absolute Gasteiger partial charge is 0.328 e. The third-order valence-corrected chi connectivity index (χ3v) is 2.52. The number of hydrogen-bond acceptors (Lipinski definition) is 2. The van der Waals surface area contributed by atoms with E-state index in [0.29, 0.717) is 0 Å². The van der Waals surface area contributed by atoms with Gasteiger partial charge in [0.05, 0.1) is 7.11 Å². The molecule has 0 aliphatic carbocycles. The lowest BCUT2D eigenvalue weighted by atomic mass is 10.1. The van der Waals surface area contributed by atoms with Gasteiger partial charge < -0.3 is 4.74 Å². The van der Waals surface area contributed by atoms with Crippen molar-refractivity contribution in [2.45, 2.75) is 18.7 Å². The molecule has 14 heavy (non-hydrogen) atoms. The van der Waals surface area contributed by atoms with Crippen molar-refractivity contribution in [2.75, 3.05) is 7.11 Å². The molecule has 0 fully saturated rings. The van der Waals surface area contributed by atoms with Crippen molar-refractivity contribution in [3.05, 3.63) is 35.4 Å². The molecule has 0 aliphatic rings. The predicted molar refractivity (Wildman–Crippen MR) is 56.4 cm³/mol. The molecule has 0 spiro atoms. The highest BCUT2D eigenvalue weighted by Crippen LogP contribution is 2.22.